The van der Waals surface area contributed by atoms with Gasteiger partial charge in [-0.1, -0.05) is 19.1 Å². The number of halogens is 1. The van der Waals surface area contributed by atoms with E-state index in [2.05, 4.69) is 23.2 Å². The lowest BCUT2D eigenvalue weighted by Crippen LogP contribution is -2.46. The maximum absolute atomic E-state index is 13.7. The van der Waals surface area contributed by atoms with Crippen LogP contribution in [0.15, 0.2) is 18.2 Å². The Morgan fingerprint density at radius 2 is 2.26 bits per heavy atom. The molecule has 0 bridgehead atoms. The molecule has 1 N–H and O–H groups in total. The summed E-state index contributed by atoms with van der Waals surface area (Å²) in [6.07, 6.45) is 4.44. The van der Waals surface area contributed by atoms with E-state index in [1.165, 1.54) is 24.9 Å². The molecule has 0 radical (unpaired) electrons. The summed E-state index contributed by atoms with van der Waals surface area (Å²) >= 11 is 0. The van der Waals surface area contributed by atoms with Gasteiger partial charge in [0, 0.05) is 18.6 Å². The van der Waals surface area contributed by atoms with Crippen molar-refractivity contribution in [1.29, 1.82) is 0 Å². The molecule has 1 heterocycles. The van der Waals surface area contributed by atoms with Crippen molar-refractivity contribution in [3.8, 4) is 0 Å². The molecule has 1 aliphatic heterocycles. The van der Waals surface area contributed by atoms with Crippen molar-refractivity contribution in [3.05, 3.63) is 35.1 Å². The van der Waals surface area contributed by atoms with Gasteiger partial charge in [0.2, 0.25) is 0 Å². The Bertz CT molecular complexity index is 446. The number of nitrogens with zero attached hydrogens (tertiary/aromatic N) is 1. The lowest BCUT2D eigenvalue weighted by Gasteiger charge is -2.34. The van der Waals surface area contributed by atoms with E-state index in [9.17, 15) is 4.39 Å². The fourth-order valence-electron chi connectivity index (χ4n) is 3.55. The Balaban J connectivity index is 1.68. The highest BCUT2D eigenvalue weighted by Gasteiger charge is 2.28. The van der Waals surface area contributed by atoms with E-state index in [0.717, 1.165) is 31.5 Å². The van der Waals surface area contributed by atoms with Crippen LogP contribution in [0.1, 0.15) is 43.4 Å². The number of likely N-dealkylation sites (tertiary alicyclic amines) is 1. The first-order valence-electron chi connectivity index (χ1n) is 7.53. The van der Waals surface area contributed by atoms with E-state index in [1.807, 2.05) is 6.07 Å². The minimum Gasteiger partial charge on any atom is -0.306 e. The standard InChI is InChI=1S/C16H23FN2/c1-2-19-10-4-5-12(11-19)18-16-9-8-13-14(16)6-3-7-15(13)17/h3,6-7,12,16,18H,2,4-5,8-11H2,1H3. The van der Waals surface area contributed by atoms with Crippen LogP contribution in [0.5, 0.6) is 0 Å². The van der Waals surface area contributed by atoms with E-state index in [4.69, 9.17) is 0 Å². The maximum atomic E-state index is 13.7. The van der Waals surface area contributed by atoms with Crippen molar-refractivity contribution >= 4 is 0 Å². The number of hydrogen-bond acceptors (Lipinski definition) is 2. The molecule has 104 valence electrons. The van der Waals surface area contributed by atoms with Gasteiger partial charge in [-0.2, -0.15) is 0 Å². The summed E-state index contributed by atoms with van der Waals surface area (Å²) in [5.41, 5.74) is 2.12. The highest BCUT2D eigenvalue weighted by molar-refractivity contribution is 5.35. The molecule has 1 fully saturated rings. The monoisotopic (exact) mass is 262 g/mol. The maximum Gasteiger partial charge on any atom is 0.126 e. The van der Waals surface area contributed by atoms with Crippen molar-refractivity contribution < 1.29 is 4.39 Å². The average Bonchev–Trinajstić information content (AvgIpc) is 2.84. The van der Waals surface area contributed by atoms with Crippen LogP contribution >= 0.6 is 0 Å². The largest absolute Gasteiger partial charge is 0.306 e. The summed E-state index contributed by atoms with van der Waals surface area (Å²) in [5.74, 6) is -0.0272. The fourth-order valence-corrected chi connectivity index (χ4v) is 3.55. The molecule has 3 rings (SSSR count). The second-order valence-corrected chi connectivity index (χ2v) is 5.80. The predicted molar refractivity (Wildman–Crippen MR) is 75.7 cm³/mol. The van der Waals surface area contributed by atoms with Crippen molar-refractivity contribution in [1.82, 2.24) is 10.2 Å². The Labute approximate surface area is 115 Å². The predicted octanol–water partition coefficient (Wildman–Crippen LogP) is 2.89. The summed E-state index contributed by atoms with van der Waals surface area (Å²) < 4.78 is 13.7. The number of hydrogen-bond donors (Lipinski definition) is 1. The first-order chi connectivity index (χ1) is 9.28. The van der Waals surface area contributed by atoms with Crippen LogP contribution < -0.4 is 5.32 Å². The second kappa shape index (κ2) is 5.59. The molecule has 2 aliphatic rings. The first kappa shape index (κ1) is 13.1. The van der Waals surface area contributed by atoms with Gasteiger partial charge >= 0.3 is 0 Å². The third kappa shape index (κ3) is 2.67. The molecule has 3 heteroatoms. The second-order valence-electron chi connectivity index (χ2n) is 5.80. The lowest BCUT2D eigenvalue weighted by atomic mass is 10.0. The van der Waals surface area contributed by atoms with Crippen LogP contribution in [-0.4, -0.2) is 30.6 Å². The SMILES string of the molecule is CCN1CCCC(NC2CCc3c(F)cccc32)C1. The number of likely N-dealkylation sites (N-methyl/N-ethyl adjacent to an activating group) is 1. The third-order valence-corrected chi connectivity index (χ3v) is 4.60. The van der Waals surface area contributed by atoms with Gasteiger partial charge in [0.25, 0.3) is 0 Å². The molecule has 0 aromatic heterocycles. The van der Waals surface area contributed by atoms with Gasteiger partial charge in [-0.3, -0.25) is 0 Å². The van der Waals surface area contributed by atoms with E-state index in [-0.39, 0.29) is 5.82 Å². The molecular weight excluding hydrogens is 239 g/mol. The van der Waals surface area contributed by atoms with Crippen LogP contribution in [0.4, 0.5) is 4.39 Å². The number of benzene rings is 1. The normalized spacial score (nSPS) is 27.5. The zero-order valence-electron chi connectivity index (χ0n) is 11.7. The first-order valence-corrected chi connectivity index (χ1v) is 7.53. The van der Waals surface area contributed by atoms with E-state index in [0.29, 0.717) is 12.1 Å². The third-order valence-electron chi connectivity index (χ3n) is 4.60. The topological polar surface area (TPSA) is 15.3 Å². The smallest absolute Gasteiger partial charge is 0.126 e. The molecule has 2 atom stereocenters. The molecule has 0 amide bonds. The molecule has 0 spiro atoms. The van der Waals surface area contributed by atoms with Crippen molar-refractivity contribution in [2.45, 2.75) is 44.7 Å². The minimum absolute atomic E-state index is 0.0272. The molecule has 1 saturated heterocycles. The van der Waals surface area contributed by atoms with Crippen LogP contribution in [0.3, 0.4) is 0 Å². The molecule has 2 nitrogen and oxygen atoms in total. The molecule has 1 aliphatic carbocycles. The highest BCUT2D eigenvalue weighted by Crippen LogP contribution is 2.33. The Hall–Kier alpha value is -0.930. The van der Waals surface area contributed by atoms with Gasteiger partial charge in [-0.25, -0.2) is 4.39 Å². The van der Waals surface area contributed by atoms with Gasteiger partial charge in [-0.15, -0.1) is 0 Å². The van der Waals surface area contributed by atoms with Crippen molar-refractivity contribution in [2.75, 3.05) is 19.6 Å². The van der Waals surface area contributed by atoms with Crippen LogP contribution in [0.25, 0.3) is 0 Å². The van der Waals surface area contributed by atoms with Gasteiger partial charge in [-0.05, 0) is 56.0 Å². The Morgan fingerprint density at radius 1 is 1.37 bits per heavy atom. The van der Waals surface area contributed by atoms with Crippen LogP contribution in [0.2, 0.25) is 0 Å². The van der Waals surface area contributed by atoms with Gasteiger partial charge < -0.3 is 10.2 Å². The molecule has 0 saturated carbocycles. The average molecular weight is 262 g/mol. The minimum atomic E-state index is -0.0272. The summed E-state index contributed by atoms with van der Waals surface area (Å²) in [7, 11) is 0. The zero-order chi connectivity index (χ0) is 13.2. The van der Waals surface area contributed by atoms with Gasteiger partial charge in [0.1, 0.15) is 5.82 Å². The molecular formula is C16H23FN2. The Morgan fingerprint density at radius 3 is 3.11 bits per heavy atom. The fraction of sp³-hybridized carbons (Fsp3) is 0.625. The molecule has 19 heavy (non-hydrogen) atoms. The summed E-state index contributed by atoms with van der Waals surface area (Å²) in [4.78, 5) is 2.50. The van der Waals surface area contributed by atoms with Gasteiger partial charge in [0.15, 0.2) is 0 Å². The van der Waals surface area contributed by atoms with Gasteiger partial charge in [0.05, 0.1) is 0 Å². The van der Waals surface area contributed by atoms with E-state index < -0.39 is 0 Å². The van der Waals surface area contributed by atoms with Crippen molar-refractivity contribution in [2.24, 2.45) is 0 Å². The Kier molecular flexibility index (Phi) is 3.85. The van der Waals surface area contributed by atoms with Crippen molar-refractivity contribution in [3.63, 3.8) is 0 Å². The highest BCUT2D eigenvalue weighted by atomic mass is 19.1. The number of piperidine rings is 1. The molecule has 2 unspecified atom stereocenters. The number of nitrogens with one attached hydrogen (secondary N) is 1. The van der Waals surface area contributed by atoms with Crippen LogP contribution in [0, 0.1) is 5.82 Å². The lowest BCUT2D eigenvalue weighted by molar-refractivity contribution is 0.190. The van der Waals surface area contributed by atoms with E-state index in [1.54, 1.807) is 6.07 Å². The molecule has 1 aromatic carbocycles. The molecule has 1 aromatic rings. The summed E-state index contributed by atoms with van der Waals surface area (Å²) in [6, 6.07) is 6.43. The number of rotatable bonds is 3. The summed E-state index contributed by atoms with van der Waals surface area (Å²) in [5, 5.41) is 3.76. The number of fused-ring (bicyclic) bond motifs is 1. The van der Waals surface area contributed by atoms with Crippen LogP contribution in [-0.2, 0) is 6.42 Å². The summed E-state index contributed by atoms with van der Waals surface area (Å²) in [6.45, 7) is 5.72. The quantitative estimate of drug-likeness (QED) is 0.901. The van der Waals surface area contributed by atoms with E-state index >= 15 is 0 Å². The zero-order valence-corrected chi connectivity index (χ0v) is 11.7.